The van der Waals surface area contributed by atoms with Crippen LogP contribution < -0.4 is 4.31 Å². The highest BCUT2D eigenvalue weighted by Crippen LogP contribution is 2.28. The summed E-state index contributed by atoms with van der Waals surface area (Å²) in [6.07, 6.45) is 0. The Morgan fingerprint density at radius 3 is 2.30 bits per heavy atom. The topological polar surface area (TPSA) is 133 Å². The lowest BCUT2D eigenvalue weighted by Crippen LogP contribution is -2.36. The van der Waals surface area contributed by atoms with E-state index < -0.39 is 33.4 Å². The zero-order valence-corrected chi connectivity index (χ0v) is 17.3. The number of anilines is 1. The molecule has 0 saturated heterocycles. The zero-order valence-electron chi connectivity index (χ0n) is 16.5. The predicted octanol–water partition coefficient (Wildman–Crippen LogP) is 2.45. The molecule has 2 rings (SSSR count). The highest BCUT2D eigenvalue weighted by atomic mass is 32.2. The summed E-state index contributed by atoms with van der Waals surface area (Å²) in [7, 11) is -3.16. The van der Waals surface area contributed by atoms with Crippen LogP contribution in [0.4, 0.5) is 11.4 Å². The highest BCUT2D eigenvalue weighted by molar-refractivity contribution is 7.92. The lowest BCUT2D eigenvalue weighted by molar-refractivity contribution is -0.385. The molecule has 0 amide bonds. The first-order chi connectivity index (χ1) is 14.1. The van der Waals surface area contributed by atoms with Crippen molar-refractivity contribution in [2.24, 2.45) is 0 Å². The number of carbonyl (C=O) groups is 2. The van der Waals surface area contributed by atoms with Crippen molar-refractivity contribution >= 4 is 33.3 Å². The van der Waals surface area contributed by atoms with Gasteiger partial charge in [-0.05, 0) is 44.2 Å². The third kappa shape index (κ3) is 4.92. The Bertz CT molecular complexity index is 1060. The molecule has 10 nitrogen and oxygen atoms in total. The zero-order chi connectivity index (χ0) is 22.5. The molecular formula is C19H20N2O8S. The van der Waals surface area contributed by atoms with Crippen molar-refractivity contribution in [2.75, 3.05) is 24.6 Å². The maximum atomic E-state index is 13.2. The molecule has 0 aromatic heterocycles. The molecule has 0 aliphatic carbocycles. The lowest BCUT2D eigenvalue weighted by Gasteiger charge is -2.23. The van der Waals surface area contributed by atoms with Crippen molar-refractivity contribution in [1.29, 1.82) is 0 Å². The number of ether oxygens (including phenoxy) is 2. The van der Waals surface area contributed by atoms with Gasteiger partial charge in [-0.1, -0.05) is 6.07 Å². The summed E-state index contributed by atoms with van der Waals surface area (Å²) in [4.78, 5) is 33.8. The first-order valence-electron chi connectivity index (χ1n) is 8.73. The highest BCUT2D eigenvalue weighted by Gasteiger charge is 2.29. The van der Waals surface area contributed by atoms with Crippen molar-refractivity contribution in [3.05, 3.63) is 63.7 Å². The molecule has 0 unspecified atom stereocenters. The number of aryl methyl sites for hydroxylation is 1. The van der Waals surface area contributed by atoms with Crippen LogP contribution in [0, 0.1) is 17.0 Å². The molecule has 0 aliphatic rings. The fourth-order valence-electron chi connectivity index (χ4n) is 2.59. The molecule has 0 atom stereocenters. The van der Waals surface area contributed by atoms with Crippen molar-refractivity contribution in [3.63, 3.8) is 0 Å². The first-order valence-corrected chi connectivity index (χ1v) is 10.2. The Balaban J connectivity index is 2.56. The molecule has 11 heteroatoms. The third-order valence-corrected chi connectivity index (χ3v) is 5.89. The van der Waals surface area contributed by atoms with Crippen molar-refractivity contribution < 1.29 is 32.4 Å². The summed E-state index contributed by atoms with van der Waals surface area (Å²) in [6.45, 7) is 2.45. The molecule has 2 aromatic carbocycles. The molecule has 0 saturated carbocycles. The van der Waals surface area contributed by atoms with E-state index in [0.717, 1.165) is 10.4 Å². The fraction of sp³-hybridized carbons (Fsp3) is 0.263. The van der Waals surface area contributed by atoms with E-state index in [9.17, 15) is 28.1 Å². The summed E-state index contributed by atoms with van der Waals surface area (Å²) >= 11 is 0. The van der Waals surface area contributed by atoms with Crippen molar-refractivity contribution in [2.45, 2.75) is 18.7 Å². The van der Waals surface area contributed by atoms with Crippen LogP contribution in [0.2, 0.25) is 0 Å². The van der Waals surface area contributed by atoms with Gasteiger partial charge in [0.1, 0.15) is 6.54 Å². The van der Waals surface area contributed by atoms with E-state index in [-0.39, 0.29) is 28.4 Å². The largest absolute Gasteiger partial charge is 0.465 e. The molecule has 0 spiro atoms. The fourth-order valence-corrected chi connectivity index (χ4v) is 4.02. The number of nitrogens with zero attached hydrogens (tertiary/aromatic N) is 2. The van der Waals surface area contributed by atoms with Crippen LogP contribution in [0.5, 0.6) is 0 Å². The van der Waals surface area contributed by atoms with E-state index >= 15 is 0 Å². The number of benzene rings is 2. The van der Waals surface area contributed by atoms with Crippen LogP contribution in [0.15, 0.2) is 47.4 Å². The van der Waals surface area contributed by atoms with Crippen LogP contribution in [0.1, 0.15) is 22.8 Å². The van der Waals surface area contributed by atoms with E-state index in [1.54, 1.807) is 6.92 Å². The minimum atomic E-state index is -4.37. The molecule has 0 fully saturated rings. The minimum absolute atomic E-state index is 0.0456. The van der Waals surface area contributed by atoms with Gasteiger partial charge in [0.05, 0.1) is 34.8 Å². The summed E-state index contributed by atoms with van der Waals surface area (Å²) in [6, 6.07) is 8.80. The molecule has 2 aromatic rings. The quantitative estimate of drug-likeness (QED) is 0.350. The number of hydrogen-bond donors (Lipinski definition) is 0. The molecular weight excluding hydrogens is 416 g/mol. The van der Waals surface area contributed by atoms with Gasteiger partial charge >= 0.3 is 11.9 Å². The second-order valence-electron chi connectivity index (χ2n) is 6.06. The van der Waals surface area contributed by atoms with Gasteiger partial charge in [0.2, 0.25) is 0 Å². The molecule has 0 radical (unpaired) electrons. The van der Waals surface area contributed by atoms with Crippen LogP contribution in [0.3, 0.4) is 0 Å². The molecule has 0 heterocycles. The summed E-state index contributed by atoms with van der Waals surface area (Å²) in [5.74, 6) is -1.42. The van der Waals surface area contributed by atoms with E-state index in [4.69, 9.17) is 4.74 Å². The van der Waals surface area contributed by atoms with E-state index in [2.05, 4.69) is 4.74 Å². The Hall–Kier alpha value is -3.47. The second-order valence-corrected chi connectivity index (χ2v) is 7.92. The predicted molar refractivity (Wildman–Crippen MR) is 107 cm³/mol. The van der Waals surface area contributed by atoms with Gasteiger partial charge in [-0.15, -0.1) is 0 Å². The summed E-state index contributed by atoms with van der Waals surface area (Å²) in [5, 5.41) is 11.2. The Morgan fingerprint density at radius 2 is 1.77 bits per heavy atom. The molecule has 160 valence electrons. The molecule has 0 bridgehead atoms. The van der Waals surface area contributed by atoms with Gasteiger partial charge in [-0.3, -0.25) is 19.2 Å². The average Bonchev–Trinajstić information content (AvgIpc) is 2.71. The Kier molecular flexibility index (Phi) is 7.11. The number of rotatable bonds is 8. The molecule has 30 heavy (non-hydrogen) atoms. The second kappa shape index (κ2) is 9.35. The number of methoxy groups -OCH3 is 1. The van der Waals surface area contributed by atoms with Crippen LogP contribution in [0.25, 0.3) is 0 Å². The van der Waals surface area contributed by atoms with Crippen LogP contribution >= 0.6 is 0 Å². The number of sulfonamides is 1. The number of nitro benzene ring substituents is 1. The first kappa shape index (κ1) is 22.8. The minimum Gasteiger partial charge on any atom is -0.465 e. The van der Waals surface area contributed by atoms with E-state index in [0.29, 0.717) is 5.56 Å². The van der Waals surface area contributed by atoms with Crippen LogP contribution in [-0.2, 0) is 24.3 Å². The Morgan fingerprint density at radius 1 is 1.13 bits per heavy atom. The number of carbonyl (C=O) groups excluding carboxylic acids is 2. The van der Waals surface area contributed by atoms with Gasteiger partial charge in [0.25, 0.3) is 15.7 Å². The summed E-state index contributed by atoms with van der Waals surface area (Å²) in [5.41, 5.74) is 0.172. The third-order valence-electron chi connectivity index (χ3n) is 4.12. The van der Waals surface area contributed by atoms with Gasteiger partial charge < -0.3 is 9.47 Å². The van der Waals surface area contributed by atoms with Crippen molar-refractivity contribution in [1.82, 2.24) is 0 Å². The standard InChI is InChI=1S/C19H20N2O8S/c1-4-29-18(22)12-20(15-8-6-14(7-9-15)19(23)28-3)30(26,27)16-10-5-13(2)17(11-16)21(24)25/h5-11H,4,12H2,1-3H3. The van der Waals surface area contributed by atoms with E-state index in [1.165, 1.54) is 50.4 Å². The SMILES string of the molecule is CCOC(=O)CN(c1ccc(C(=O)OC)cc1)S(=O)(=O)c1ccc(C)c([N+](=O)[O-])c1. The molecule has 0 N–H and O–H groups in total. The van der Waals surface area contributed by atoms with Crippen molar-refractivity contribution in [3.8, 4) is 0 Å². The molecule has 0 aliphatic heterocycles. The average molecular weight is 436 g/mol. The number of hydrogen-bond acceptors (Lipinski definition) is 8. The number of esters is 2. The number of nitro groups is 1. The van der Waals surface area contributed by atoms with Gasteiger partial charge in [0, 0.05) is 11.6 Å². The smallest absolute Gasteiger partial charge is 0.337 e. The van der Waals surface area contributed by atoms with Gasteiger partial charge in [-0.2, -0.15) is 0 Å². The normalized spacial score (nSPS) is 10.9. The van der Waals surface area contributed by atoms with E-state index in [1.807, 2.05) is 0 Å². The Labute approximate surface area is 173 Å². The summed E-state index contributed by atoms with van der Waals surface area (Å²) < 4.78 is 36.7. The van der Waals surface area contributed by atoms with Crippen LogP contribution in [-0.4, -0.2) is 45.5 Å². The van der Waals surface area contributed by atoms with Gasteiger partial charge in [-0.25, -0.2) is 13.2 Å². The maximum absolute atomic E-state index is 13.2. The monoisotopic (exact) mass is 436 g/mol. The lowest BCUT2D eigenvalue weighted by atomic mass is 10.2. The van der Waals surface area contributed by atoms with Gasteiger partial charge in [0.15, 0.2) is 0 Å². The maximum Gasteiger partial charge on any atom is 0.337 e.